The number of benzene rings is 7. The van der Waals surface area contributed by atoms with Gasteiger partial charge in [-0.1, -0.05) is 36.4 Å². The molecule has 5 fully saturated rings. The molecular formula is C105H130N18O13. The molecule has 0 spiro atoms. The van der Waals surface area contributed by atoms with Gasteiger partial charge in [-0.05, 0) is 323 Å². The summed E-state index contributed by atoms with van der Waals surface area (Å²) < 4.78 is 21.7. The van der Waals surface area contributed by atoms with Crippen molar-refractivity contribution in [2.45, 2.75) is 180 Å². The molecular weight excluding hydrogens is 1720 g/mol. The molecule has 10 aromatic rings. The minimum absolute atomic E-state index is 0.0796. The Hall–Kier alpha value is -14.3. The lowest BCUT2D eigenvalue weighted by molar-refractivity contribution is 0.0173. The highest BCUT2D eigenvalue weighted by Crippen LogP contribution is 2.37. The number of morpholine rings is 1. The number of rotatable bonds is 19. The summed E-state index contributed by atoms with van der Waals surface area (Å²) in [6.07, 6.45) is 16.2. The SMILES string of the molecule is CC1(Nc2ccc(C(=O)Nc3cc(-c4cccnc4)ccc3N)cc2)CCN(C(=O)N2CCOCC2)CC1.CC1(Nc2ccc(C(=O)Nc3cc(-c4cccnc4)ccc3N)cc2)CCNCC1.CC1(Nc2ccc(C(=O)Nc3cc(-c4cccnc4)ccc3NC(=O)OC(C)(C)C)cc2)CCN(C(=O)OC(C)(C)C)CC1.CC1(Nc2ccc(C(=O)O)cc2)CCN(C(=O)OC(C)(C)C)CC1. The van der Waals surface area contributed by atoms with Crippen LogP contribution in [0.1, 0.15) is 183 Å². The van der Waals surface area contributed by atoms with Gasteiger partial charge < -0.3 is 97.7 Å². The van der Waals surface area contributed by atoms with E-state index in [4.69, 9.17) is 35.5 Å². The van der Waals surface area contributed by atoms with Crippen molar-refractivity contribution in [1.29, 1.82) is 0 Å². The fourth-order valence-electron chi connectivity index (χ4n) is 16.1. The number of urea groups is 1. The van der Waals surface area contributed by atoms with E-state index in [1.807, 2.05) is 167 Å². The van der Waals surface area contributed by atoms with E-state index >= 15 is 0 Å². The summed E-state index contributed by atoms with van der Waals surface area (Å²) in [7, 11) is 0. The molecule has 5 aliphatic heterocycles. The Kier molecular flexibility index (Phi) is 33.1. The van der Waals surface area contributed by atoms with Gasteiger partial charge in [-0.15, -0.1) is 0 Å². The Balaban J connectivity index is 0.000000167. The maximum absolute atomic E-state index is 13.4. The van der Waals surface area contributed by atoms with Gasteiger partial charge in [0, 0.05) is 168 Å². The second kappa shape index (κ2) is 44.7. The van der Waals surface area contributed by atoms with Gasteiger partial charge in [0.05, 0.1) is 52.9 Å². The van der Waals surface area contributed by atoms with Crippen LogP contribution in [-0.2, 0) is 18.9 Å². The van der Waals surface area contributed by atoms with Crippen LogP contribution in [0.15, 0.2) is 225 Å². The molecule has 5 saturated heterocycles. The molecule has 136 heavy (non-hydrogen) atoms. The van der Waals surface area contributed by atoms with E-state index in [1.54, 1.807) is 141 Å². The molecule has 5 aliphatic rings. The molecule has 0 unspecified atom stereocenters. The Morgan fingerprint density at radius 3 is 1.00 bits per heavy atom. The number of nitrogens with zero attached hydrogens (tertiary/aromatic N) is 7. The first-order valence-corrected chi connectivity index (χ1v) is 46.2. The number of pyridine rings is 3. The number of hydrogen-bond acceptors (Lipinski definition) is 22. The van der Waals surface area contributed by atoms with E-state index in [1.165, 1.54) is 0 Å². The van der Waals surface area contributed by atoms with E-state index in [2.05, 4.69) is 90.5 Å². The summed E-state index contributed by atoms with van der Waals surface area (Å²) in [6, 6.07) is 57.0. The lowest BCUT2D eigenvalue weighted by atomic mass is 9.89. The quantitative estimate of drug-likeness (QED) is 0.0264. The maximum Gasteiger partial charge on any atom is 0.412 e. The number of hydrogen-bond donors (Lipinski definition) is 12. The van der Waals surface area contributed by atoms with Crippen LogP contribution in [0.25, 0.3) is 33.4 Å². The van der Waals surface area contributed by atoms with Crippen LogP contribution >= 0.6 is 0 Å². The molecule has 0 aliphatic carbocycles. The Labute approximate surface area is 796 Å². The molecule has 15 rings (SSSR count). The summed E-state index contributed by atoms with van der Waals surface area (Å²) in [4.78, 5) is 120. The number of piperidine rings is 4. The lowest BCUT2D eigenvalue weighted by Crippen LogP contribution is -2.54. The third-order valence-electron chi connectivity index (χ3n) is 24.0. The molecule has 14 N–H and O–H groups in total. The second-order valence-electron chi connectivity index (χ2n) is 39.0. The molecule has 0 bridgehead atoms. The zero-order valence-corrected chi connectivity index (χ0v) is 80.1. The van der Waals surface area contributed by atoms with Gasteiger partial charge in [0.15, 0.2) is 0 Å². The van der Waals surface area contributed by atoms with E-state index in [-0.39, 0.29) is 63.7 Å². The largest absolute Gasteiger partial charge is 0.478 e. The van der Waals surface area contributed by atoms with Crippen LogP contribution in [-0.4, -0.2) is 205 Å². The van der Waals surface area contributed by atoms with Crippen molar-refractivity contribution < 1.29 is 62.4 Å². The van der Waals surface area contributed by atoms with Crippen LogP contribution < -0.4 is 59.3 Å². The molecule has 8 amide bonds. The second-order valence-corrected chi connectivity index (χ2v) is 39.0. The van der Waals surface area contributed by atoms with Crippen LogP contribution in [0.2, 0.25) is 0 Å². The fraction of sp³-hybridized carbons (Fsp3) is 0.381. The molecule has 0 saturated carbocycles. The third kappa shape index (κ3) is 29.8. The zero-order chi connectivity index (χ0) is 97.6. The van der Waals surface area contributed by atoms with Crippen LogP contribution in [0.3, 0.4) is 0 Å². The normalized spacial score (nSPS) is 16.0. The van der Waals surface area contributed by atoms with Crippen LogP contribution in [0.5, 0.6) is 0 Å². The van der Waals surface area contributed by atoms with Gasteiger partial charge in [-0.25, -0.2) is 24.0 Å². The van der Waals surface area contributed by atoms with E-state index in [0.717, 1.165) is 121 Å². The molecule has 3 aromatic heterocycles. The van der Waals surface area contributed by atoms with Crippen LogP contribution in [0, 0.1) is 0 Å². The molecule has 31 nitrogen and oxygen atoms in total. The summed E-state index contributed by atoms with van der Waals surface area (Å²) in [5.74, 6) is -1.68. The number of nitrogens with two attached hydrogens (primary N) is 2. The maximum atomic E-state index is 13.4. The average molecular weight is 1850 g/mol. The first-order valence-electron chi connectivity index (χ1n) is 46.2. The third-order valence-corrected chi connectivity index (χ3v) is 24.0. The topological polar surface area (TPSA) is 406 Å². The van der Waals surface area contributed by atoms with Crippen molar-refractivity contribution in [3.63, 3.8) is 0 Å². The van der Waals surface area contributed by atoms with E-state index < -0.39 is 28.9 Å². The van der Waals surface area contributed by atoms with Crippen molar-refractivity contribution in [1.82, 2.24) is 39.9 Å². The number of anilines is 10. The van der Waals surface area contributed by atoms with Crippen LogP contribution in [0.4, 0.5) is 76.1 Å². The highest BCUT2D eigenvalue weighted by atomic mass is 16.6. The minimum atomic E-state index is -0.932. The zero-order valence-electron chi connectivity index (χ0n) is 80.1. The predicted octanol–water partition coefficient (Wildman–Crippen LogP) is 19.6. The Bertz CT molecular complexity index is 5720. The lowest BCUT2D eigenvalue weighted by Gasteiger charge is -2.42. The van der Waals surface area contributed by atoms with E-state index in [9.17, 15) is 38.4 Å². The number of aromatic carboxylic acids is 1. The van der Waals surface area contributed by atoms with Gasteiger partial charge in [-0.3, -0.25) is 34.7 Å². The van der Waals surface area contributed by atoms with Crippen molar-refractivity contribution in [3.05, 3.63) is 247 Å². The molecule has 8 heterocycles. The number of carboxylic acids is 1. The highest BCUT2D eigenvalue weighted by molar-refractivity contribution is 6.09. The number of carboxylic acid groups (broad SMARTS) is 1. The number of nitrogens with one attached hydrogen (secondary N) is 9. The number of nitrogen functional groups attached to an aromatic ring is 2. The van der Waals surface area contributed by atoms with Crippen molar-refractivity contribution in [2.24, 2.45) is 0 Å². The summed E-state index contributed by atoms with van der Waals surface area (Å²) >= 11 is 0. The van der Waals surface area contributed by atoms with Gasteiger partial charge in [0.1, 0.15) is 16.8 Å². The molecule has 718 valence electrons. The van der Waals surface area contributed by atoms with Gasteiger partial charge >= 0.3 is 30.3 Å². The van der Waals surface area contributed by atoms with Crippen molar-refractivity contribution in [3.8, 4) is 33.4 Å². The summed E-state index contributed by atoms with van der Waals surface area (Å²) in [5, 5.41) is 38.1. The number of carbonyl (C=O) groups is 8. The molecule has 31 heteroatoms. The minimum Gasteiger partial charge on any atom is -0.478 e. The molecule has 7 aromatic carbocycles. The molecule has 0 atom stereocenters. The monoisotopic (exact) mass is 1850 g/mol. The Morgan fingerprint density at radius 2 is 0.669 bits per heavy atom. The van der Waals surface area contributed by atoms with Gasteiger partial charge in [0.2, 0.25) is 0 Å². The smallest absolute Gasteiger partial charge is 0.412 e. The number of aromatic nitrogens is 3. The number of carbonyl (C=O) groups excluding carboxylic acids is 7. The van der Waals surface area contributed by atoms with Gasteiger partial charge in [0.25, 0.3) is 17.7 Å². The summed E-state index contributed by atoms with van der Waals surface area (Å²) in [5.41, 5.74) is 24.2. The molecule has 0 radical (unpaired) electrons. The average Bonchev–Trinajstić information content (AvgIpc) is 0.843. The predicted molar refractivity (Wildman–Crippen MR) is 537 cm³/mol. The summed E-state index contributed by atoms with van der Waals surface area (Å²) in [6.45, 7) is 33.6. The first-order chi connectivity index (χ1) is 64.6. The fourth-order valence-corrected chi connectivity index (χ4v) is 16.1. The number of amides is 8. The van der Waals surface area contributed by atoms with E-state index in [0.29, 0.717) is 116 Å². The first kappa shape index (κ1) is 101. The highest BCUT2D eigenvalue weighted by Gasteiger charge is 2.38. The number of likely N-dealkylation sites (tertiary alicyclic amines) is 3. The van der Waals surface area contributed by atoms with Crippen molar-refractivity contribution >= 4 is 105 Å². The number of ether oxygens (including phenoxy) is 4. The Morgan fingerprint density at radius 1 is 0.360 bits per heavy atom. The van der Waals surface area contributed by atoms with Gasteiger partial charge in [-0.2, -0.15) is 0 Å². The standard InChI is InChI=1S/C34H43N5O5.C29H34N6O3.C24H27N5O.C18H26N2O4/c1-32(2,3)43-30(41)37-27-15-12-24(25-9-8-18-35-22-25)21-28(27)36-29(40)23-10-13-26(14-11-23)38-34(7)16-19-39(20-17-34)31(42)44-33(4,5)6;1-29(10-13-34(14-11-29)28(37)35-15-17-38-18-16-35)33-24-7-4-21(5-8-24)27(36)32-26-19-22(6-9-25(26)30)23-3-2-12-31-20-23;1-24(10-13-26-14-11-24)29-20-7-4-17(5-8-20)23(30)28-22-15-18(6-9-21(22)25)19-3-2-12-27-16-19;1-17(2,3)24-16(23)20-11-9-18(4,10-12-20)19-14-7-5-13(6-8-14)15(21)22/h8-15,18,21-22,38H,16-17,19-20H2,1-7H3,(H,36,40)(H,37,41);2-9,12,19-20,33H,10-11,13-18,30H2,1H3,(H,32,36);2-9,12,15-16,26,29H,10-11,13-14,25H2,1H3,(H,28,30);5-8,19H,9-12H2,1-4H3,(H,21,22). The van der Waals surface area contributed by atoms with Crippen molar-refractivity contribution in [2.75, 3.05) is 133 Å².